The van der Waals surface area contributed by atoms with Gasteiger partial charge in [-0.2, -0.15) is 0 Å². The number of amides is 3. The maximum absolute atomic E-state index is 12.9. The summed E-state index contributed by atoms with van der Waals surface area (Å²) in [6.07, 6.45) is 3.35. The zero-order valence-electron chi connectivity index (χ0n) is 21.1. The van der Waals surface area contributed by atoms with Gasteiger partial charge in [-0.05, 0) is 74.9 Å². The van der Waals surface area contributed by atoms with Crippen LogP contribution in [0.3, 0.4) is 0 Å². The molecule has 0 aliphatic carbocycles. The molecule has 3 amide bonds. The first-order chi connectivity index (χ1) is 17.5. The smallest absolute Gasteiger partial charge is 0.251 e. The summed E-state index contributed by atoms with van der Waals surface area (Å²) in [5.74, 6) is 1.33. The van der Waals surface area contributed by atoms with E-state index in [4.69, 9.17) is 9.47 Å². The van der Waals surface area contributed by atoms with Crippen molar-refractivity contribution >= 4 is 17.7 Å². The fourth-order valence-electron chi connectivity index (χ4n) is 4.82. The monoisotopic (exact) mass is 493 g/mol. The van der Waals surface area contributed by atoms with E-state index < -0.39 is 0 Å². The van der Waals surface area contributed by atoms with Gasteiger partial charge in [0.2, 0.25) is 11.8 Å². The standard InChI is InChI=1S/C28H35N3O5/c1-3-35-24-13-10-20(17-25(24)36-4-2)14-15-29-27(33)22-11-8-21(9-12-22)18-30-19-26(32)31-16-6-5-7-23(31)28(30)34/h8-13,17,23H,3-7,14-16,18-19H2,1-2H3,(H,29,33)/t23-/m0/s1. The summed E-state index contributed by atoms with van der Waals surface area (Å²) >= 11 is 0. The molecule has 2 aliphatic rings. The lowest BCUT2D eigenvalue weighted by Gasteiger charge is -2.42. The van der Waals surface area contributed by atoms with E-state index >= 15 is 0 Å². The van der Waals surface area contributed by atoms with Gasteiger partial charge in [0.1, 0.15) is 12.6 Å². The maximum Gasteiger partial charge on any atom is 0.251 e. The number of carbonyl (C=O) groups excluding carboxylic acids is 3. The molecule has 8 heteroatoms. The Labute approximate surface area is 212 Å². The molecule has 0 aromatic heterocycles. The summed E-state index contributed by atoms with van der Waals surface area (Å²) in [6, 6.07) is 12.7. The van der Waals surface area contributed by atoms with Crippen LogP contribution in [0, 0.1) is 0 Å². The van der Waals surface area contributed by atoms with Gasteiger partial charge in [-0.1, -0.05) is 18.2 Å². The highest BCUT2D eigenvalue weighted by Crippen LogP contribution is 2.29. The second-order valence-corrected chi connectivity index (χ2v) is 9.14. The van der Waals surface area contributed by atoms with E-state index in [-0.39, 0.29) is 30.3 Å². The fourth-order valence-corrected chi connectivity index (χ4v) is 4.82. The molecule has 2 saturated heterocycles. The minimum Gasteiger partial charge on any atom is -0.490 e. The lowest BCUT2D eigenvalue weighted by Crippen LogP contribution is -2.60. The largest absolute Gasteiger partial charge is 0.490 e. The van der Waals surface area contributed by atoms with Crippen LogP contribution in [0.25, 0.3) is 0 Å². The number of carbonyl (C=O) groups is 3. The molecule has 8 nitrogen and oxygen atoms in total. The number of fused-ring (bicyclic) bond motifs is 1. The number of piperazine rings is 1. The number of hydrogen-bond acceptors (Lipinski definition) is 5. The van der Waals surface area contributed by atoms with Gasteiger partial charge in [-0.15, -0.1) is 0 Å². The summed E-state index contributed by atoms with van der Waals surface area (Å²) < 4.78 is 11.3. The quantitative estimate of drug-likeness (QED) is 0.549. The first-order valence-electron chi connectivity index (χ1n) is 12.8. The summed E-state index contributed by atoms with van der Waals surface area (Å²) in [6.45, 7) is 6.65. The first kappa shape index (κ1) is 25.5. The second kappa shape index (κ2) is 11.9. The molecule has 2 heterocycles. The molecule has 0 spiro atoms. The van der Waals surface area contributed by atoms with Crippen molar-refractivity contribution in [3.05, 3.63) is 59.2 Å². The molecule has 2 aromatic rings. The van der Waals surface area contributed by atoms with Gasteiger partial charge in [-0.25, -0.2) is 0 Å². The van der Waals surface area contributed by atoms with Crippen molar-refractivity contribution in [3.8, 4) is 11.5 Å². The van der Waals surface area contributed by atoms with E-state index in [1.807, 2.05) is 44.2 Å². The van der Waals surface area contributed by atoms with Crippen molar-refractivity contribution in [1.29, 1.82) is 0 Å². The third kappa shape index (κ3) is 5.98. The van der Waals surface area contributed by atoms with Crippen LogP contribution in [-0.4, -0.2) is 66.4 Å². The summed E-state index contributed by atoms with van der Waals surface area (Å²) in [7, 11) is 0. The molecule has 0 unspecified atom stereocenters. The van der Waals surface area contributed by atoms with E-state index in [0.717, 1.165) is 36.1 Å². The highest BCUT2D eigenvalue weighted by Gasteiger charge is 2.40. The maximum atomic E-state index is 12.9. The van der Waals surface area contributed by atoms with E-state index in [9.17, 15) is 14.4 Å². The van der Waals surface area contributed by atoms with Crippen molar-refractivity contribution in [2.75, 3.05) is 32.8 Å². The average Bonchev–Trinajstić information content (AvgIpc) is 2.89. The Morgan fingerprint density at radius 3 is 2.44 bits per heavy atom. The Bertz CT molecular complexity index is 1090. The van der Waals surface area contributed by atoms with Gasteiger partial charge in [0, 0.05) is 25.2 Å². The van der Waals surface area contributed by atoms with E-state index in [0.29, 0.717) is 50.6 Å². The molecule has 0 bridgehead atoms. The van der Waals surface area contributed by atoms with E-state index in [1.165, 1.54) is 0 Å². The van der Waals surface area contributed by atoms with Crippen LogP contribution in [0.5, 0.6) is 11.5 Å². The topological polar surface area (TPSA) is 88.2 Å². The molecule has 4 rings (SSSR count). The molecule has 2 aliphatic heterocycles. The van der Waals surface area contributed by atoms with Gasteiger partial charge in [0.05, 0.1) is 13.2 Å². The SMILES string of the molecule is CCOc1ccc(CCNC(=O)c2ccc(CN3CC(=O)N4CCCC[C@H]4C3=O)cc2)cc1OCC. The third-order valence-electron chi connectivity index (χ3n) is 6.64. The number of rotatable bonds is 10. The molecule has 192 valence electrons. The Morgan fingerprint density at radius 1 is 0.972 bits per heavy atom. The van der Waals surface area contributed by atoms with Gasteiger partial charge in [-0.3, -0.25) is 14.4 Å². The molecule has 0 radical (unpaired) electrons. The Hall–Kier alpha value is -3.55. The lowest BCUT2D eigenvalue weighted by atomic mass is 9.98. The van der Waals surface area contributed by atoms with Crippen molar-refractivity contribution < 1.29 is 23.9 Å². The minimum absolute atomic E-state index is 0.0243. The Balaban J connectivity index is 1.29. The summed E-state index contributed by atoms with van der Waals surface area (Å²) in [5, 5.41) is 2.96. The average molecular weight is 494 g/mol. The highest BCUT2D eigenvalue weighted by molar-refractivity contribution is 5.95. The molecule has 36 heavy (non-hydrogen) atoms. The predicted molar refractivity (Wildman–Crippen MR) is 136 cm³/mol. The summed E-state index contributed by atoms with van der Waals surface area (Å²) in [5.41, 5.74) is 2.50. The molecule has 1 N–H and O–H groups in total. The number of nitrogens with one attached hydrogen (secondary N) is 1. The molecule has 1 atom stereocenters. The molecule has 2 aromatic carbocycles. The van der Waals surface area contributed by atoms with E-state index in [1.54, 1.807) is 21.9 Å². The molecule has 2 fully saturated rings. The Morgan fingerprint density at radius 2 is 1.69 bits per heavy atom. The number of nitrogens with zero attached hydrogens (tertiary/aromatic N) is 2. The predicted octanol–water partition coefficient (Wildman–Crippen LogP) is 3.18. The van der Waals surface area contributed by atoms with Crippen LogP contribution in [0.1, 0.15) is 54.6 Å². The Kier molecular flexibility index (Phi) is 8.46. The van der Waals surface area contributed by atoms with Crippen molar-refractivity contribution in [1.82, 2.24) is 15.1 Å². The number of hydrogen-bond donors (Lipinski definition) is 1. The highest BCUT2D eigenvalue weighted by atomic mass is 16.5. The van der Waals surface area contributed by atoms with Gasteiger partial charge in [0.25, 0.3) is 5.91 Å². The fraction of sp³-hybridized carbons (Fsp3) is 0.464. The van der Waals surface area contributed by atoms with Crippen LogP contribution >= 0.6 is 0 Å². The van der Waals surface area contributed by atoms with Crippen LogP contribution < -0.4 is 14.8 Å². The zero-order chi connectivity index (χ0) is 25.5. The van der Waals surface area contributed by atoms with Crippen molar-refractivity contribution in [2.45, 2.75) is 52.1 Å². The third-order valence-corrected chi connectivity index (χ3v) is 6.64. The number of ether oxygens (including phenoxy) is 2. The van der Waals surface area contributed by atoms with Gasteiger partial charge in [0.15, 0.2) is 11.5 Å². The summed E-state index contributed by atoms with van der Waals surface area (Å²) in [4.78, 5) is 41.4. The van der Waals surface area contributed by atoms with Gasteiger partial charge >= 0.3 is 0 Å². The first-order valence-corrected chi connectivity index (χ1v) is 12.8. The normalized spacial score (nSPS) is 17.6. The van der Waals surface area contributed by atoms with Crippen molar-refractivity contribution in [3.63, 3.8) is 0 Å². The number of piperidine rings is 1. The van der Waals surface area contributed by atoms with Crippen LogP contribution in [-0.2, 0) is 22.6 Å². The van der Waals surface area contributed by atoms with E-state index in [2.05, 4.69) is 5.32 Å². The molecule has 0 saturated carbocycles. The van der Waals surface area contributed by atoms with Crippen LogP contribution in [0.15, 0.2) is 42.5 Å². The second-order valence-electron chi connectivity index (χ2n) is 9.14. The zero-order valence-corrected chi connectivity index (χ0v) is 21.1. The minimum atomic E-state index is -0.315. The van der Waals surface area contributed by atoms with Gasteiger partial charge < -0.3 is 24.6 Å². The number of benzene rings is 2. The molecular weight excluding hydrogens is 458 g/mol. The van der Waals surface area contributed by atoms with Crippen LogP contribution in [0.4, 0.5) is 0 Å². The molecular formula is C28H35N3O5. The van der Waals surface area contributed by atoms with Crippen LogP contribution in [0.2, 0.25) is 0 Å². The van der Waals surface area contributed by atoms with Crippen molar-refractivity contribution in [2.24, 2.45) is 0 Å². The lowest BCUT2D eigenvalue weighted by molar-refractivity contribution is -0.158.